The maximum absolute atomic E-state index is 12.1. The van der Waals surface area contributed by atoms with Crippen LogP contribution in [0.15, 0.2) is 47.5 Å². The second kappa shape index (κ2) is 5.95. The highest BCUT2D eigenvalue weighted by molar-refractivity contribution is 6.04. The maximum atomic E-state index is 12.1. The molecule has 0 radical (unpaired) electrons. The fourth-order valence-electron chi connectivity index (χ4n) is 1.99. The third-order valence-corrected chi connectivity index (χ3v) is 2.78. The molecule has 2 aromatic carbocycles. The van der Waals surface area contributed by atoms with E-state index in [-0.39, 0.29) is 5.91 Å². The van der Waals surface area contributed by atoms with Gasteiger partial charge in [-0.05, 0) is 61.4 Å². The molecule has 0 heterocycles. The van der Waals surface area contributed by atoms with Crippen LogP contribution in [0.5, 0.6) is 0 Å². The summed E-state index contributed by atoms with van der Waals surface area (Å²) < 4.78 is 0. The Balaban J connectivity index is 2.17. The van der Waals surface area contributed by atoms with Crippen molar-refractivity contribution < 1.29 is 9.59 Å². The predicted octanol–water partition coefficient (Wildman–Crippen LogP) is 3.52. The maximum Gasteiger partial charge on any atom is 0.255 e. The average molecular weight is 266 g/mol. The van der Waals surface area contributed by atoms with Gasteiger partial charge in [-0.1, -0.05) is 6.07 Å². The molecule has 1 N–H and O–H groups in total. The highest BCUT2D eigenvalue weighted by atomic mass is 16.1. The van der Waals surface area contributed by atoms with Crippen LogP contribution >= 0.6 is 0 Å². The van der Waals surface area contributed by atoms with E-state index in [1.165, 1.54) is 6.08 Å². The number of benzene rings is 2. The number of aryl methyl sites for hydroxylation is 2. The van der Waals surface area contributed by atoms with Crippen LogP contribution in [0.2, 0.25) is 0 Å². The summed E-state index contributed by atoms with van der Waals surface area (Å²) >= 11 is 0. The zero-order valence-electron chi connectivity index (χ0n) is 11.3. The van der Waals surface area contributed by atoms with Crippen LogP contribution in [0, 0.1) is 13.8 Å². The van der Waals surface area contributed by atoms with Crippen LogP contribution in [-0.2, 0) is 4.79 Å². The Hall–Kier alpha value is -2.71. The third-order valence-electron chi connectivity index (χ3n) is 2.78. The largest absolute Gasteiger partial charge is 0.322 e. The lowest BCUT2D eigenvalue weighted by atomic mass is 10.1. The van der Waals surface area contributed by atoms with Crippen LogP contribution < -0.4 is 5.32 Å². The lowest BCUT2D eigenvalue weighted by Gasteiger charge is -2.07. The number of amides is 1. The van der Waals surface area contributed by atoms with E-state index in [1.54, 1.807) is 24.3 Å². The molecule has 4 nitrogen and oxygen atoms in total. The number of nitrogens with zero attached hydrogens (tertiary/aromatic N) is 1. The first-order chi connectivity index (χ1) is 9.58. The fourth-order valence-corrected chi connectivity index (χ4v) is 1.99. The SMILES string of the molecule is Cc1cc(C)cc(NC(=O)c2ccc(N=C=O)cc2)c1. The van der Waals surface area contributed by atoms with E-state index in [0.29, 0.717) is 11.3 Å². The number of rotatable bonds is 3. The Labute approximate surface area is 117 Å². The Morgan fingerprint density at radius 2 is 1.65 bits per heavy atom. The molecule has 0 aliphatic carbocycles. The molecule has 0 saturated carbocycles. The Morgan fingerprint density at radius 1 is 1.05 bits per heavy atom. The number of carbonyl (C=O) groups is 1. The summed E-state index contributed by atoms with van der Waals surface area (Å²) in [4.78, 5) is 25.7. The summed E-state index contributed by atoms with van der Waals surface area (Å²) in [6.45, 7) is 3.96. The molecule has 2 aromatic rings. The molecular weight excluding hydrogens is 252 g/mol. The summed E-state index contributed by atoms with van der Waals surface area (Å²) in [5, 5.41) is 2.84. The first kappa shape index (κ1) is 13.7. The van der Waals surface area contributed by atoms with Crippen molar-refractivity contribution >= 4 is 23.4 Å². The molecule has 1 amide bonds. The van der Waals surface area contributed by atoms with E-state index in [0.717, 1.165) is 16.8 Å². The summed E-state index contributed by atoms with van der Waals surface area (Å²) in [5.41, 5.74) is 3.94. The first-order valence-electron chi connectivity index (χ1n) is 6.16. The highest BCUT2D eigenvalue weighted by Crippen LogP contribution is 2.16. The molecule has 0 aliphatic rings. The predicted molar refractivity (Wildman–Crippen MR) is 78.1 cm³/mol. The van der Waals surface area contributed by atoms with Crippen molar-refractivity contribution in [1.29, 1.82) is 0 Å². The summed E-state index contributed by atoms with van der Waals surface area (Å²) in [5.74, 6) is -0.198. The zero-order chi connectivity index (χ0) is 14.5. The van der Waals surface area contributed by atoms with Gasteiger partial charge in [-0.15, -0.1) is 0 Å². The number of aliphatic imine (C=N–C) groups is 1. The summed E-state index contributed by atoms with van der Waals surface area (Å²) in [6, 6.07) is 12.3. The van der Waals surface area contributed by atoms with E-state index < -0.39 is 0 Å². The molecule has 4 heteroatoms. The van der Waals surface area contributed by atoms with Crippen molar-refractivity contribution in [2.75, 3.05) is 5.32 Å². The molecule has 0 saturated heterocycles. The zero-order valence-corrected chi connectivity index (χ0v) is 11.3. The van der Waals surface area contributed by atoms with E-state index in [9.17, 15) is 9.59 Å². The molecular formula is C16H14N2O2. The molecule has 0 aromatic heterocycles. The van der Waals surface area contributed by atoms with Gasteiger partial charge in [0.05, 0.1) is 5.69 Å². The van der Waals surface area contributed by atoms with Crippen molar-refractivity contribution in [3.8, 4) is 0 Å². The van der Waals surface area contributed by atoms with Gasteiger partial charge in [0.25, 0.3) is 5.91 Å². The summed E-state index contributed by atoms with van der Waals surface area (Å²) in [7, 11) is 0. The van der Waals surface area contributed by atoms with Crippen molar-refractivity contribution in [1.82, 2.24) is 0 Å². The Bertz CT molecular complexity index is 664. The van der Waals surface area contributed by atoms with Crippen molar-refractivity contribution in [2.24, 2.45) is 4.99 Å². The number of carbonyl (C=O) groups excluding carboxylic acids is 2. The number of nitrogens with one attached hydrogen (secondary N) is 1. The van der Waals surface area contributed by atoms with E-state index in [1.807, 2.05) is 32.0 Å². The summed E-state index contributed by atoms with van der Waals surface area (Å²) in [6.07, 6.45) is 1.46. The molecule has 0 atom stereocenters. The first-order valence-corrected chi connectivity index (χ1v) is 6.16. The monoisotopic (exact) mass is 266 g/mol. The van der Waals surface area contributed by atoms with Gasteiger partial charge >= 0.3 is 0 Å². The fraction of sp³-hybridized carbons (Fsp3) is 0.125. The van der Waals surface area contributed by atoms with Crippen LogP contribution in [0.1, 0.15) is 21.5 Å². The van der Waals surface area contributed by atoms with E-state index in [4.69, 9.17) is 0 Å². The minimum absolute atomic E-state index is 0.198. The van der Waals surface area contributed by atoms with Gasteiger partial charge in [0.1, 0.15) is 0 Å². The quantitative estimate of drug-likeness (QED) is 0.682. The van der Waals surface area contributed by atoms with Crippen molar-refractivity contribution in [3.63, 3.8) is 0 Å². The van der Waals surface area contributed by atoms with Gasteiger partial charge in [-0.3, -0.25) is 4.79 Å². The van der Waals surface area contributed by atoms with Gasteiger partial charge in [0.2, 0.25) is 6.08 Å². The van der Waals surface area contributed by atoms with E-state index >= 15 is 0 Å². The van der Waals surface area contributed by atoms with Gasteiger partial charge in [0.15, 0.2) is 0 Å². The molecule has 0 bridgehead atoms. The van der Waals surface area contributed by atoms with Crippen LogP contribution in [0.3, 0.4) is 0 Å². The van der Waals surface area contributed by atoms with Crippen molar-refractivity contribution in [3.05, 3.63) is 59.2 Å². The van der Waals surface area contributed by atoms with Gasteiger partial charge < -0.3 is 5.32 Å². The number of isocyanates is 1. The van der Waals surface area contributed by atoms with Crippen LogP contribution in [0.25, 0.3) is 0 Å². The minimum Gasteiger partial charge on any atom is -0.322 e. The second-order valence-electron chi connectivity index (χ2n) is 4.58. The standard InChI is InChI=1S/C16H14N2O2/c1-11-7-12(2)9-15(8-11)18-16(20)13-3-5-14(6-4-13)17-10-19/h3-9H,1-2H3,(H,18,20). The minimum atomic E-state index is -0.198. The lowest BCUT2D eigenvalue weighted by Crippen LogP contribution is -2.11. The van der Waals surface area contributed by atoms with Crippen LogP contribution in [0.4, 0.5) is 11.4 Å². The van der Waals surface area contributed by atoms with Crippen molar-refractivity contribution in [2.45, 2.75) is 13.8 Å². The van der Waals surface area contributed by atoms with Crippen LogP contribution in [-0.4, -0.2) is 12.0 Å². The molecule has 0 fully saturated rings. The number of hydrogen-bond acceptors (Lipinski definition) is 3. The molecule has 2 rings (SSSR count). The van der Waals surface area contributed by atoms with Gasteiger partial charge in [0, 0.05) is 11.3 Å². The average Bonchev–Trinajstić information content (AvgIpc) is 2.38. The lowest BCUT2D eigenvalue weighted by molar-refractivity contribution is 0.102. The molecule has 100 valence electrons. The topological polar surface area (TPSA) is 58.5 Å². The smallest absolute Gasteiger partial charge is 0.255 e. The van der Waals surface area contributed by atoms with E-state index in [2.05, 4.69) is 10.3 Å². The molecule has 0 aliphatic heterocycles. The third kappa shape index (κ3) is 3.40. The normalized spacial score (nSPS) is 9.70. The Morgan fingerprint density at radius 3 is 2.20 bits per heavy atom. The second-order valence-corrected chi connectivity index (χ2v) is 4.58. The Kier molecular flexibility index (Phi) is 4.08. The number of hydrogen-bond donors (Lipinski definition) is 1. The molecule has 0 unspecified atom stereocenters. The highest BCUT2D eigenvalue weighted by Gasteiger charge is 2.06. The molecule has 0 spiro atoms. The number of anilines is 1. The van der Waals surface area contributed by atoms with Gasteiger partial charge in [-0.2, -0.15) is 4.99 Å². The van der Waals surface area contributed by atoms with Gasteiger partial charge in [-0.25, -0.2) is 4.79 Å². The molecule has 20 heavy (non-hydrogen) atoms.